The van der Waals surface area contributed by atoms with Crippen molar-refractivity contribution in [3.8, 4) is 11.8 Å². The van der Waals surface area contributed by atoms with Crippen molar-refractivity contribution in [2.75, 3.05) is 5.32 Å². The quantitative estimate of drug-likeness (QED) is 0.673. The van der Waals surface area contributed by atoms with E-state index in [0.717, 1.165) is 4.90 Å². The number of ether oxygens (including phenoxy) is 1. The maximum atomic E-state index is 13.3. The molecule has 9 heteroatoms. The molecule has 1 fully saturated rings. The third-order valence-electron chi connectivity index (χ3n) is 4.79. The monoisotopic (exact) mass is 439 g/mol. The summed E-state index contributed by atoms with van der Waals surface area (Å²) in [6, 6.07) is 11.5. The second kappa shape index (κ2) is 9.56. The van der Waals surface area contributed by atoms with Gasteiger partial charge in [-0.3, -0.25) is 10.2 Å². The maximum Gasteiger partial charge on any atom is 0.331 e. The van der Waals surface area contributed by atoms with Gasteiger partial charge in [0.15, 0.2) is 6.29 Å². The number of imide groups is 1. The van der Waals surface area contributed by atoms with E-state index >= 15 is 0 Å². The molecule has 0 bridgehead atoms. The second-order valence-electron chi connectivity index (χ2n) is 7.99. The lowest BCUT2D eigenvalue weighted by Crippen LogP contribution is -2.68. The van der Waals surface area contributed by atoms with E-state index in [9.17, 15) is 19.2 Å². The number of nitrogens with one attached hydrogen (secondary N) is 2. The third kappa shape index (κ3) is 5.09. The molecular weight excluding hydrogens is 413 g/mol. The molecule has 1 saturated heterocycles. The summed E-state index contributed by atoms with van der Waals surface area (Å²) in [6.07, 6.45) is -0.970. The summed E-state index contributed by atoms with van der Waals surface area (Å²) in [5.41, 5.74) is 1.55. The molecule has 2 aromatic rings. The van der Waals surface area contributed by atoms with Gasteiger partial charge in [0.2, 0.25) is 0 Å². The number of amides is 4. The number of urea groups is 2. The van der Waals surface area contributed by atoms with Gasteiger partial charge in [-0.25, -0.2) is 18.9 Å². The van der Waals surface area contributed by atoms with Gasteiger partial charge in [-0.05, 0) is 63.6 Å². The third-order valence-corrected chi connectivity index (χ3v) is 4.79. The predicted octanol–water partition coefficient (Wildman–Crippen LogP) is 4.24. The van der Waals surface area contributed by atoms with Crippen LogP contribution in [0.3, 0.4) is 0 Å². The summed E-state index contributed by atoms with van der Waals surface area (Å²) in [5.74, 6) is 0.0733. The van der Waals surface area contributed by atoms with Crippen LogP contribution < -0.4 is 15.4 Å². The molecule has 32 heavy (non-hydrogen) atoms. The Morgan fingerprint density at radius 2 is 1.84 bits per heavy atom. The molecule has 0 saturated carbocycles. The molecule has 8 nitrogen and oxygen atoms in total. The molecule has 1 unspecified atom stereocenters. The molecule has 2 aromatic carbocycles. The highest BCUT2D eigenvalue weighted by molar-refractivity contribution is 5.96. The number of carbonyl (C=O) groups is 2. The Bertz CT molecular complexity index is 1030. The Hall–Kier alpha value is -3.80. The Morgan fingerprint density at radius 1 is 1.16 bits per heavy atom. The van der Waals surface area contributed by atoms with Gasteiger partial charge < -0.3 is 10.1 Å². The molecule has 1 aliphatic heterocycles. The number of hydrogen-bond donors (Lipinski definition) is 2. The molecule has 0 radical (unpaired) electrons. The summed E-state index contributed by atoms with van der Waals surface area (Å²) in [4.78, 5) is 28.3. The predicted molar refractivity (Wildman–Crippen MR) is 117 cm³/mol. The molecule has 1 heterocycles. The second-order valence-corrected chi connectivity index (χ2v) is 7.99. The summed E-state index contributed by atoms with van der Waals surface area (Å²) in [7, 11) is 0. The Kier molecular flexibility index (Phi) is 6.83. The van der Waals surface area contributed by atoms with Gasteiger partial charge in [-0.15, -0.1) is 0 Å². The van der Waals surface area contributed by atoms with Crippen LogP contribution >= 0.6 is 0 Å². The van der Waals surface area contributed by atoms with E-state index in [1.165, 1.54) is 17.0 Å². The minimum atomic E-state index is -0.876. The first kappa shape index (κ1) is 22.9. The number of anilines is 1. The number of halogens is 1. The van der Waals surface area contributed by atoms with Gasteiger partial charge in [-0.1, -0.05) is 12.1 Å². The van der Waals surface area contributed by atoms with Gasteiger partial charge in [0, 0.05) is 11.7 Å². The molecule has 2 N–H and O–H groups in total. The van der Waals surface area contributed by atoms with E-state index in [0.29, 0.717) is 22.6 Å². The van der Waals surface area contributed by atoms with Crippen LogP contribution in [0.25, 0.3) is 0 Å². The topological polar surface area (TPSA) is 97.7 Å². The Morgan fingerprint density at radius 3 is 2.44 bits per heavy atom. The van der Waals surface area contributed by atoms with Crippen LogP contribution in [-0.2, 0) is 6.54 Å². The lowest BCUT2D eigenvalue weighted by atomic mass is 10.2. The van der Waals surface area contributed by atoms with Gasteiger partial charge in [0.25, 0.3) is 0 Å². The highest BCUT2D eigenvalue weighted by Crippen LogP contribution is 2.25. The van der Waals surface area contributed by atoms with Crippen LogP contribution in [0.5, 0.6) is 5.75 Å². The average Bonchev–Trinajstić information content (AvgIpc) is 2.72. The van der Waals surface area contributed by atoms with Gasteiger partial charge in [-0.2, -0.15) is 5.26 Å². The minimum absolute atomic E-state index is 0.0932. The average molecular weight is 439 g/mol. The fourth-order valence-corrected chi connectivity index (χ4v) is 3.34. The van der Waals surface area contributed by atoms with Crippen LogP contribution in [0, 0.1) is 17.1 Å². The minimum Gasteiger partial charge on any atom is -0.490 e. The Balaban J connectivity index is 1.89. The van der Waals surface area contributed by atoms with Gasteiger partial charge >= 0.3 is 12.1 Å². The molecule has 0 spiro atoms. The van der Waals surface area contributed by atoms with Crippen molar-refractivity contribution in [2.24, 2.45) is 0 Å². The molecule has 168 valence electrons. The first-order valence-electron chi connectivity index (χ1n) is 10.3. The number of nitriles is 1. The molecule has 3 rings (SSSR count). The summed E-state index contributed by atoms with van der Waals surface area (Å²) < 4.78 is 19.0. The van der Waals surface area contributed by atoms with Gasteiger partial charge in [0.05, 0.1) is 18.2 Å². The SMILES string of the molecule is CC(C)Oc1ccc(NC2NC(=O)N(C(C)C)C(=O)N2Cc2ccc(F)cc2)cc1C#N. The normalized spacial score (nSPS) is 16.2. The number of benzene rings is 2. The lowest BCUT2D eigenvalue weighted by molar-refractivity contribution is 0.0975. The standard InChI is InChI=1S/C23H26FN5O3/c1-14(2)29-22(30)27-21(28(23(29)31)13-16-5-7-18(24)8-6-16)26-19-9-10-20(32-15(3)4)17(11-19)12-25/h5-11,14-15,21,26H,13H2,1-4H3,(H,27,30). The first-order valence-corrected chi connectivity index (χ1v) is 10.3. The van der Waals surface area contributed by atoms with E-state index < -0.39 is 18.4 Å². The number of rotatable bonds is 7. The van der Waals surface area contributed by atoms with Crippen LogP contribution in [0.2, 0.25) is 0 Å². The fraction of sp³-hybridized carbons (Fsp3) is 0.348. The van der Waals surface area contributed by atoms with Crippen molar-refractivity contribution in [1.82, 2.24) is 15.1 Å². The van der Waals surface area contributed by atoms with Crippen molar-refractivity contribution in [1.29, 1.82) is 5.26 Å². The van der Waals surface area contributed by atoms with Crippen molar-refractivity contribution in [3.05, 3.63) is 59.4 Å². The number of nitrogens with zero attached hydrogens (tertiary/aromatic N) is 3. The summed E-state index contributed by atoms with van der Waals surface area (Å²) in [5, 5.41) is 15.4. The molecule has 0 aliphatic carbocycles. The first-order chi connectivity index (χ1) is 15.2. The molecule has 0 aromatic heterocycles. The maximum absolute atomic E-state index is 13.3. The van der Waals surface area contributed by atoms with Gasteiger partial charge in [0.1, 0.15) is 17.6 Å². The van der Waals surface area contributed by atoms with Crippen LogP contribution in [0.4, 0.5) is 19.7 Å². The van der Waals surface area contributed by atoms with Crippen LogP contribution in [0.15, 0.2) is 42.5 Å². The van der Waals surface area contributed by atoms with Crippen molar-refractivity contribution < 1.29 is 18.7 Å². The van der Waals surface area contributed by atoms with Crippen molar-refractivity contribution >= 4 is 17.7 Å². The van der Waals surface area contributed by atoms with Crippen molar-refractivity contribution in [3.63, 3.8) is 0 Å². The lowest BCUT2D eigenvalue weighted by Gasteiger charge is -2.42. The molecule has 4 amide bonds. The highest BCUT2D eigenvalue weighted by Gasteiger charge is 2.39. The Labute approximate surface area is 186 Å². The van der Waals surface area contributed by atoms with E-state index in [4.69, 9.17) is 4.74 Å². The van der Waals surface area contributed by atoms with E-state index in [2.05, 4.69) is 16.7 Å². The van der Waals surface area contributed by atoms with Crippen LogP contribution in [-0.4, -0.2) is 40.3 Å². The zero-order valence-corrected chi connectivity index (χ0v) is 18.4. The zero-order chi connectivity index (χ0) is 23.4. The van der Waals surface area contributed by atoms with E-state index in [1.807, 2.05) is 13.8 Å². The molecular formula is C23H26FN5O3. The highest BCUT2D eigenvalue weighted by atomic mass is 19.1. The largest absolute Gasteiger partial charge is 0.490 e. The molecule has 1 atom stereocenters. The fourth-order valence-electron chi connectivity index (χ4n) is 3.34. The molecule has 1 aliphatic rings. The zero-order valence-electron chi connectivity index (χ0n) is 18.4. The summed E-state index contributed by atoms with van der Waals surface area (Å²) in [6.45, 7) is 7.36. The van der Waals surface area contributed by atoms with E-state index in [-0.39, 0.29) is 24.5 Å². The van der Waals surface area contributed by atoms with E-state index in [1.54, 1.807) is 44.2 Å². The number of carbonyl (C=O) groups excluding carboxylic acids is 2. The van der Waals surface area contributed by atoms with Crippen LogP contribution in [0.1, 0.15) is 38.8 Å². The smallest absolute Gasteiger partial charge is 0.331 e. The summed E-state index contributed by atoms with van der Waals surface area (Å²) >= 11 is 0. The number of hydrogen-bond acceptors (Lipinski definition) is 5. The van der Waals surface area contributed by atoms with Crippen molar-refractivity contribution in [2.45, 2.75) is 52.7 Å².